The van der Waals surface area contributed by atoms with E-state index in [9.17, 15) is 9.59 Å². The van der Waals surface area contributed by atoms with Gasteiger partial charge in [0.2, 0.25) is 0 Å². The highest BCUT2D eigenvalue weighted by Crippen LogP contribution is 2.19. The van der Waals surface area contributed by atoms with E-state index in [1.807, 2.05) is 0 Å². The summed E-state index contributed by atoms with van der Waals surface area (Å²) >= 11 is 0. The topological polar surface area (TPSA) is 78.9 Å². The molecule has 1 saturated heterocycles. The quantitative estimate of drug-likeness (QED) is 0.667. The highest BCUT2D eigenvalue weighted by molar-refractivity contribution is 5.76. The van der Waals surface area contributed by atoms with Crippen LogP contribution in [0.3, 0.4) is 0 Å². The Balaban J connectivity index is 2.26. The number of amides is 2. The standard InChI is InChI=1S/C14H26N2O4/c1-20-10-6-2-4-8-15-14(19)16-9-5-3-7-12(16)11-13(17)18/h12H,2-11H2,1H3,(H,15,19)(H,17,18). The minimum atomic E-state index is -0.839. The molecule has 1 atom stereocenters. The van der Waals surface area contributed by atoms with Crippen LogP contribution in [0.1, 0.15) is 44.9 Å². The minimum absolute atomic E-state index is 0.0429. The molecule has 0 spiro atoms. The Bertz CT molecular complexity index is 310. The van der Waals surface area contributed by atoms with Crippen LogP contribution in [0.2, 0.25) is 0 Å². The van der Waals surface area contributed by atoms with Gasteiger partial charge in [-0.3, -0.25) is 4.79 Å². The van der Waals surface area contributed by atoms with Gasteiger partial charge in [0, 0.05) is 32.8 Å². The summed E-state index contributed by atoms with van der Waals surface area (Å²) in [5, 5.41) is 11.8. The molecular formula is C14H26N2O4. The van der Waals surface area contributed by atoms with Crippen molar-refractivity contribution in [2.24, 2.45) is 0 Å². The monoisotopic (exact) mass is 286 g/mol. The average molecular weight is 286 g/mol. The van der Waals surface area contributed by atoms with Crippen LogP contribution in [0.15, 0.2) is 0 Å². The fourth-order valence-electron chi connectivity index (χ4n) is 2.53. The second kappa shape index (κ2) is 9.58. The molecule has 1 rings (SSSR count). The summed E-state index contributed by atoms with van der Waals surface area (Å²) in [4.78, 5) is 24.6. The maximum atomic E-state index is 12.1. The molecule has 0 aromatic carbocycles. The average Bonchev–Trinajstić information content (AvgIpc) is 2.42. The second-order valence-corrected chi connectivity index (χ2v) is 5.23. The lowest BCUT2D eigenvalue weighted by atomic mass is 10.00. The van der Waals surface area contributed by atoms with Gasteiger partial charge >= 0.3 is 12.0 Å². The molecule has 1 heterocycles. The minimum Gasteiger partial charge on any atom is -0.481 e. The van der Waals surface area contributed by atoms with E-state index < -0.39 is 5.97 Å². The number of nitrogens with one attached hydrogen (secondary N) is 1. The molecule has 1 aliphatic rings. The molecule has 0 radical (unpaired) electrons. The van der Waals surface area contributed by atoms with Crippen LogP contribution in [-0.2, 0) is 9.53 Å². The lowest BCUT2D eigenvalue weighted by Crippen LogP contribution is -2.49. The Labute approximate surface area is 120 Å². The van der Waals surface area contributed by atoms with Gasteiger partial charge in [0.1, 0.15) is 0 Å². The van der Waals surface area contributed by atoms with E-state index in [0.717, 1.165) is 45.1 Å². The molecule has 6 nitrogen and oxygen atoms in total. The molecule has 1 unspecified atom stereocenters. The van der Waals surface area contributed by atoms with Gasteiger partial charge in [-0.1, -0.05) is 0 Å². The number of carboxylic acid groups (broad SMARTS) is 1. The summed E-state index contributed by atoms with van der Waals surface area (Å²) in [7, 11) is 1.68. The molecule has 2 amide bonds. The Morgan fingerprint density at radius 2 is 2.10 bits per heavy atom. The van der Waals surface area contributed by atoms with Crippen molar-refractivity contribution >= 4 is 12.0 Å². The first-order valence-corrected chi connectivity index (χ1v) is 7.40. The first kappa shape index (κ1) is 16.8. The van der Waals surface area contributed by atoms with E-state index in [4.69, 9.17) is 9.84 Å². The first-order chi connectivity index (χ1) is 9.65. The summed E-state index contributed by atoms with van der Waals surface area (Å²) in [5.41, 5.74) is 0. The van der Waals surface area contributed by atoms with E-state index in [2.05, 4.69) is 5.32 Å². The number of likely N-dealkylation sites (tertiary alicyclic amines) is 1. The predicted molar refractivity (Wildman–Crippen MR) is 75.7 cm³/mol. The molecule has 20 heavy (non-hydrogen) atoms. The number of ether oxygens (including phenoxy) is 1. The number of unbranched alkanes of at least 4 members (excludes halogenated alkanes) is 2. The summed E-state index contributed by atoms with van der Waals surface area (Å²) < 4.78 is 4.96. The molecule has 0 bridgehead atoms. The van der Waals surface area contributed by atoms with Crippen molar-refractivity contribution in [3.63, 3.8) is 0 Å². The number of piperidine rings is 1. The SMILES string of the molecule is COCCCCCNC(=O)N1CCCCC1CC(=O)O. The number of hydrogen-bond donors (Lipinski definition) is 2. The number of hydrogen-bond acceptors (Lipinski definition) is 3. The second-order valence-electron chi connectivity index (χ2n) is 5.23. The summed E-state index contributed by atoms with van der Waals surface area (Å²) in [6.45, 7) is 2.05. The summed E-state index contributed by atoms with van der Waals surface area (Å²) in [6, 6.07) is -0.280. The summed E-state index contributed by atoms with van der Waals surface area (Å²) in [6.07, 6.45) is 5.72. The molecule has 6 heteroatoms. The van der Waals surface area contributed by atoms with Crippen LogP contribution < -0.4 is 5.32 Å². The molecular weight excluding hydrogens is 260 g/mol. The van der Waals surface area contributed by atoms with Gasteiger partial charge < -0.3 is 20.1 Å². The number of carboxylic acids is 1. The van der Waals surface area contributed by atoms with Crippen molar-refractivity contribution in [3.05, 3.63) is 0 Å². The number of carbonyl (C=O) groups excluding carboxylic acids is 1. The predicted octanol–water partition coefficient (Wildman–Crippen LogP) is 1.84. The van der Waals surface area contributed by atoms with Crippen LogP contribution in [0.25, 0.3) is 0 Å². The normalized spacial score (nSPS) is 18.9. The van der Waals surface area contributed by atoms with E-state index in [0.29, 0.717) is 13.1 Å². The number of urea groups is 1. The summed E-state index contributed by atoms with van der Waals surface area (Å²) in [5.74, 6) is -0.839. The van der Waals surface area contributed by atoms with Crippen molar-refractivity contribution in [3.8, 4) is 0 Å². The van der Waals surface area contributed by atoms with E-state index in [-0.39, 0.29) is 18.5 Å². The highest BCUT2D eigenvalue weighted by atomic mass is 16.5. The van der Waals surface area contributed by atoms with Crippen LogP contribution in [0.5, 0.6) is 0 Å². The van der Waals surface area contributed by atoms with Gasteiger partial charge in [-0.2, -0.15) is 0 Å². The van der Waals surface area contributed by atoms with Gasteiger partial charge in [0.15, 0.2) is 0 Å². The number of carbonyl (C=O) groups is 2. The molecule has 2 N–H and O–H groups in total. The van der Waals surface area contributed by atoms with Gasteiger partial charge in [0.05, 0.1) is 6.42 Å². The smallest absolute Gasteiger partial charge is 0.317 e. The van der Waals surface area contributed by atoms with Gasteiger partial charge in [-0.05, 0) is 38.5 Å². The molecule has 0 aliphatic carbocycles. The Kier molecular flexibility index (Phi) is 8.02. The van der Waals surface area contributed by atoms with Crippen LogP contribution >= 0.6 is 0 Å². The Morgan fingerprint density at radius 1 is 1.30 bits per heavy atom. The lowest BCUT2D eigenvalue weighted by molar-refractivity contribution is -0.138. The van der Waals surface area contributed by atoms with Crippen LogP contribution in [-0.4, -0.2) is 54.9 Å². The lowest BCUT2D eigenvalue weighted by Gasteiger charge is -2.34. The molecule has 0 aromatic rings. The third kappa shape index (κ3) is 6.23. The highest BCUT2D eigenvalue weighted by Gasteiger charge is 2.28. The third-order valence-corrected chi connectivity index (χ3v) is 3.60. The maximum Gasteiger partial charge on any atom is 0.317 e. The molecule has 1 aliphatic heterocycles. The zero-order chi connectivity index (χ0) is 14.8. The molecule has 0 aromatic heterocycles. The van der Waals surface area contributed by atoms with Crippen molar-refractivity contribution in [1.29, 1.82) is 0 Å². The van der Waals surface area contributed by atoms with Gasteiger partial charge in [-0.25, -0.2) is 4.79 Å². The third-order valence-electron chi connectivity index (χ3n) is 3.60. The number of nitrogens with zero attached hydrogens (tertiary/aromatic N) is 1. The number of methoxy groups -OCH3 is 1. The van der Waals surface area contributed by atoms with Crippen molar-refractivity contribution in [2.75, 3.05) is 26.8 Å². The first-order valence-electron chi connectivity index (χ1n) is 7.40. The van der Waals surface area contributed by atoms with E-state index in [1.54, 1.807) is 12.0 Å². The Morgan fingerprint density at radius 3 is 2.80 bits per heavy atom. The molecule has 116 valence electrons. The van der Waals surface area contributed by atoms with Crippen molar-refractivity contribution < 1.29 is 19.4 Å². The Hall–Kier alpha value is -1.30. The number of aliphatic carboxylic acids is 1. The fraction of sp³-hybridized carbons (Fsp3) is 0.857. The number of rotatable bonds is 8. The maximum absolute atomic E-state index is 12.1. The molecule has 0 saturated carbocycles. The van der Waals surface area contributed by atoms with Crippen LogP contribution in [0, 0.1) is 0 Å². The zero-order valence-electron chi connectivity index (χ0n) is 12.3. The van der Waals surface area contributed by atoms with Gasteiger partial charge in [0.25, 0.3) is 0 Å². The van der Waals surface area contributed by atoms with Crippen molar-refractivity contribution in [1.82, 2.24) is 10.2 Å². The zero-order valence-corrected chi connectivity index (χ0v) is 12.3. The largest absolute Gasteiger partial charge is 0.481 e. The molecule has 1 fully saturated rings. The van der Waals surface area contributed by atoms with E-state index >= 15 is 0 Å². The van der Waals surface area contributed by atoms with E-state index in [1.165, 1.54) is 0 Å². The van der Waals surface area contributed by atoms with Gasteiger partial charge in [-0.15, -0.1) is 0 Å². The van der Waals surface area contributed by atoms with Crippen LogP contribution in [0.4, 0.5) is 4.79 Å². The van der Waals surface area contributed by atoms with Crippen molar-refractivity contribution in [2.45, 2.75) is 51.0 Å². The fourth-order valence-corrected chi connectivity index (χ4v) is 2.53.